The van der Waals surface area contributed by atoms with Crippen LogP contribution in [0.1, 0.15) is 68.8 Å². The number of piperidine rings is 2. The van der Waals surface area contributed by atoms with Crippen LogP contribution in [0.5, 0.6) is 5.75 Å². The summed E-state index contributed by atoms with van der Waals surface area (Å²) in [6, 6.07) is 11.8. The zero-order chi connectivity index (χ0) is 39.3. The highest BCUT2D eigenvalue weighted by Crippen LogP contribution is 2.38. The maximum atomic E-state index is 17.0. The second-order valence-electron chi connectivity index (χ2n) is 16.2. The van der Waals surface area contributed by atoms with Gasteiger partial charge in [-0.05, 0) is 111 Å². The molecule has 8 rings (SSSR count). The third-order valence-corrected chi connectivity index (χ3v) is 12.6. The van der Waals surface area contributed by atoms with E-state index in [4.69, 9.17) is 19.2 Å². The van der Waals surface area contributed by atoms with Crippen molar-refractivity contribution in [2.45, 2.75) is 76.8 Å². The number of nitrogens with zero attached hydrogens (tertiary/aromatic N) is 7. The molecule has 0 spiro atoms. The number of phenolic OH excluding ortho intramolecular Hbond substituents is 1. The topological polar surface area (TPSA) is 131 Å². The summed E-state index contributed by atoms with van der Waals surface area (Å²) in [5.74, 6) is 2.98. The molecule has 0 saturated carbocycles. The Kier molecular flexibility index (Phi) is 12.2. The van der Waals surface area contributed by atoms with Gasteiger partial charge in [0.05, 0.1) is 18.6 Å². The summed E-state index contributed by atoms with van der Waals surface area (Å²) in [4.78, 5) is 31.6. The Bertz CT molecular complexity index is 2050. The van der Waals surface area contributed by atoms with Gasteiger partial charge in [0, 0.05) is 62.7 Å². The molecule has 4 fully saturated rings. The molecule has 0 amide bonds. The number of rotatable bonds is 14. The fourth-order valence-electron chi connectivity index (χ4n) is 9.59. The number of aromatic nitrogens is 1. The maximum absolute atomic E-state index is 17.0. The first-order valence-electron chi connectivity index (χ1n) is 20.8. The Morgan fingerprint density at radius 2 is 1.82 bits per heavy atom. The Morgan fingerprint density at radius 3 is 2.54 bits per heavy atom. The monoisotopic (exact) mass is 778 g/mol. The van der Waals surface area contributed by atoms with Crippen molar-refractivity contribution in [3.8, 4) is 5.75 Å². The molecule has 2 aromatic carbocycles. The van der Waals surface area contributed by atoms with E-state index < -0.39 is 5.83 Å². The van der Waals surface area contributed by atoms with E-state index in [1.54, 1.807) is 18.3 Å². The Labute approximate surface area is 334 Å². The number of aldehydes is 1. The molecule has 57 heavy (non-hydrogen) atoms. The van der Waals surface area contributed by atoms with Crippen LogP contribution in [0.4, 0.5) is 10.2 Å². The molecule has 5 aliphatic rings. The number of benzene rings is 2. The van der Waals surface area contributed by atoms with Crippen LogP contribution >= 0.6 is 0 Å². The number of carbonyl (C=O) groups excluding carboxylic acids is 1. The average molecular weight is 779 g/mol. The molecule has 1 aromatic heterocycles. The summed E-state index contributed by atoms with van der Waals surface area (Å²) in [6.45, 7) is 12.8. The lowest BCUT2D eigenvalue weighted by Crippen LogP contribution is -2.50. The minimum atomic E-state index is -0.567. The number of aromatic hydroxyl groups is 1. The van der Waals surface area contributed by atoms with Crippen molar-refractivity contribution in [2.24, 2.45) is 26.8 Å². The maximum Gasteiger partial charge on any atom is 0.175 e. The first kappa shape index (κ1) is 39.1. The van der Waals surface area contributed by atoms with E-state index in [0.717, 1.165) is 118 Å². The number of anilines is 1. The van der Waals surface area contributed by atoms with Crippen LogP contribution in [0.15, 0.2) is 73.1 Å². The number of aliphatic imine (C=N–C) groups is 3. The molecule has 2 unspecified atom stereocenters. The second-order valence-corrected chi connectivity index (χ2v) is 16.2. The lowest BCUT2D eigenvalue weighted by atomic mass is 9.83. The van der Waals surface area contributed by atoms with Crippen molar-refractivity contribution in [2.75, 3.05) is 64.1 Å². The van der Waals surface area contributed by atoms with Gasteiger partial charge in [-0.1, -0.05) is 30.3 Å². The van der Waals surface area contributed by atoms with Gasteiger partial charge in [-0.2, -0.15) is 0 Å². The van der Waals surface area contributed by atoms with Crippen molar-refractivity contribution in [3.63, 3.8) is 0 Å². The molecule has 0 radical (unpaired) electrons. The fourth-order valence-corrected chi connectivity index (χ4v) is 9.59. The van der Waals surface area contributed by atoms with Crippen molar-refractivity contribution < 1.29 is 23.6 Å². The number of carbonyl (C=O) groups is 1. The molecular formula is C44H55FN8O4. The van der Waals surface area contributed by atoms with Gasteiger partial charge < -0.3 is 39.2 Å². The molecule has 4 saturated heterocycles. The average Bonchev–Trinajstić information content (AvgIpc) is 3.84. The second kappa shape index (κ2) is 17.8. The fraction of sp³-hybridized carbons (Fsp3) is 0.523. The number of halogens is 1. The molecule has 13 heteroatoms. The Balaban J connectivity index is 0.903. The van der Waals surface area contributed by atoms with Gasteiger partial charge in [0.1, 0.15) is 41.8 Å². The molecule has 6 heterocycles. The van der Waals surface area contributed by atoms with Crippen molar-refractivity contribution in [3.05, 3.63) is 70.5 Å². The highest BCUT2D eigenvalue weighted by Gasteiger charge is 2.36. The number of phenols is 1. The number of piperazine rings is 1. The van der Waals surface area contributed by atoms with E-state index in [9.17, 15) is 9.90 Å². The predicted molar refractivity (Wildman–Crippen MR) is 223 cm³/mol. The zero-order valence-electron chi connectivity index (χ0n) is 33.0. The number of hydrogen-bond donors (Lipinski definition) is 2. The number of allylic oxidation sites excluding steroid dienone is 2. The minimum absolute atomic E-state index is 0.00645. The third kappa shape index (κ3) is 8.75. The van der Waals surface area contributed by atoms with Crippen LogP contribution in [0, 0.1) is 11.8 Å². The number of ether oxygens (including phenoxy) is 1. The number of fused-ring (bicyclic) bond motifs is 3. The van der Waals surface area contributed by atoms with Gasteiger partial charge in [0.2, 0.25) is 0 Å². The van der Waals surface area contributed by atoms with Crippen LogP contribution in [0.3, 0.4) is 0 Å². The number of hydrogen-bond acceptors (Lipinski definition) is 12. The van der Waals surface area contributed by atoms with E-state index in [0.29, 0.717) is 41.4 Å². The summed E-state index contributed by atoms with van der Waals surface area (Å²) in [6.07, 6.45) is 11.6. The number of nitrogens with one attached hydrogen (secondary N) is 1. The van der Waals surface area contributed by atoms with Crippen LogP contribution < -0.4 is 10.2 Å². The highest BCUT2D eigenvalue weighted by atomic mass is 19.1. The number of likely N-dealkylation sites (tertiary alicyclic amines) is 2. The predicted octanol–water partition coefficient (Wildman–Crippen LogP) is 6.34. The van der Waals surface area contributed by atoms with Crippen LogP contribution in [0.25, 0.3) is 16.5 Å². The zero-order valence-corrected chi connectivity index (χ0v) is 33.0. The van der Waals surface area contributed by atoms with Crippen molar-refractivity contribution >= 4 is 47.2 Å². The third-order valence-electron chi connectivity index (χ3n) is 12.6. The van der Waals surface area contributed by atoms with E-state index in [-0.39, 0.29) is 30.3 Å². The van der Waals surface area contributed by atoms with Crippen molar-refractivity contribution in [1.82, 2.24) is 20.3 Å². The van der Waals surface area contributed by atoms with Gasteiger partial charge >= 0.3 is 0 Å². The van der Waals surface area contributed by atoms with Crippen LogP contribution in [0.2, 0.25) is 0 Å². The smallest absolute Gasteiger partial charge is 0.175 e. The van der Waals surface area contributed by atoms with Crippen LogP contribution in [-0.2, 0) is 22.4 Å². The van der Waals surface area contributed by atoms with Gasteiger partial charge in [-0.25, -0.2) is 9.38 Å². The van der Waals surface area contributed by atoms with E-state index in [1.165, 1.54) is 19.3 Å². The summed E-state index contributed by atoms with van der Waals surface area (Å²) >= 11 is 0. The van der Waals surface area contributed by atoms with Crippen LogP contribution in [-0.4, -0.2) is 116 Å². The summed E-state index contributed by atoms with van der Waals surface area (Å²) < 4.78 is 28.4. The van der Waals surface area contributed by atoms with Crippen molar-refractivity contribution in [1.29, 1.82) is 0 Å². The molecule has 302 valence electrons. The standard InChI is InChI=1S/C44H55FN8O4/c1-3-31-5-4-6-32-22-35(55)23-37(40(31)32)42-41(45)43(38(25-47-42)44(46-2)53-26-33-7-8-34(27-53)49-33)48-28-56-20-18-51-14-9-29(10-15-51)21-30-11-16-52(17-12-30)39-24-36(13-19-54)57-50-39/h4-6,19,22-25,29-30,33-34,49,55H,2-3,7-18,20-21,26-28H2,1H3/b44-38+,48-43?. The Hall–Kier alpha value is -4.72. The van der Waals surface area contributed by atoms with Gasteiger partial charge in [0.25, 0.3) is 0 Å². The van der Waals surface area contributed by atoms with E-state index >= 15 is 4.39 Å². The molecule has 2 N–H and O–H groups in total. The van der Waals surface area contributed by atoms with Gasteiger partial charge in [-0.3, -0.25) is 9.98 Å². The molecule has 12 nitrogen and oxygen atoms in total. The first-order valence-corrected chi connectivity index (χ1v) is 20.8. The molecular weight excluding hydrogens is 724 g/mol. The molecule has 0 aliphatic carbocycles. The summed E-state index contributed by atoms with van der Waals surface area (Å²) in [7, 11) is 0. The SMILES string of the molecule is C=N/C(=C1/C=NC(c2cc(O)cc3cccc(CC)c23)=C(F)C1=NCOCCN1CCC(CC2CCN(c3cc(CC=O)on3)CC2)CC1)N1CC2CCC(C1)N2. The van der Waals surface area contributed by atoms with Gasteiger partial charge in [-0.15, -0.1) is 0 Å². The lowest BCUT2D eigenvalue weighted by Gasteiger charge is -2.36. The lowest BCUT2D eigenvalue weighted by molar-refractivity contribution is -0.107. The van der Waals surface area contributed by atoms with Gasteiger partial charge in [0.15, 0.2) is 11.6 Å². The molecule has 2 bridgehead atoms. The number of aryl methyl sites for hydroxylation is 1. The highest BCUT2D eigenvalue weighted by molar-refractivity contribution is 6.29. The Morgan fingerprint density at radius 1 is 1.07 bits per heavy atom. The largest absolute Gasteiger partial charge is 0.508 e. The summed E-state index contributed by atoms with van der Waals surface area (Å²) in [5, 5.41) is 20.2. The summed E-state index contributed by atoms with van der Waals surface area (Å²) in [5.41, 5.74) is 2.35. The molecule has 3 aromatic rings. The van der Waals surface area contributed by atoms with E-state index in [1.807, 2.05) is 24.3 Å². The quantitative estimate of drug-likeness (QED) is 0.109. The molecule has 5 aliphatic heterocycles. The van der Waals surface area contributed by atoms with E-state index in [2.05, 4.69) is 43.8 Å². The molecule has 2 atom stereocenters. The first-order chi connectivity index (χ1) is 27.9. The minimum Gasteiger partial charge on any atom is -0.508 e. The normalized spacial score (nSPS) is 23.9.